The molecule has 1 aliphatic heterocycles. The second-order valence-electron chi connectivity index (χ2n) is 7.63. The maximum atomic E-state index is 12.7. The number of para-hydroxylation sites is 2. The Bertz CT molecular complexity index is 1140. The Morgan fingerprint density at radius 1 is 0.941 bits per heavy atom. The minimum Gasteiger partial charge on any atom is -0.493 e. The quantitative estimate of drug-likeness (QED) is 0.449. The van der Waals surface area contributed by atoms with Crippen LogP contribution in [0.4, 0.5) is 11.4 Å². The van der Waals surface area contributed by atoms with Crippen molar-refractivity contribution < 1.29 is 19.1 Å². The lowest BCUT2D eigenvalue weighted by Crippen LogP contribution is -2.29. The first-order chi connectivity index (χ1) is 16.6. The predicted octanol–water partition coefficient (Wildman–Crippen LogP) is 4.24. The summed E-state index contributed by atoms with van der Waals surface area (Å²) in [5, 5.41) is 5.48. The number of anilines is 2. The molecule has 0 saturated carbocycles. The Hall–Kier alpha value is -3.65. The van der Waals surface area contributed by atoms with Gasteiger partial charge in [0.15, 0.2) is 18.1 Å². The van der Waals surface area contributed by atoms with Gasteiger partial charge in [-0.1, -0.05) is 36.0 Å². The zero-order chi connectivity index (χ0) is 23.9. The number of fused-ring (bicyclic) bond motifs is 2. The summed E-state index contributed by atoms with van der Waals surface area (Å²) >= 11 is 1.78. The summed E-state index contributed by atoms with van der Waals surface area (Å²) in [6.07, 6.45) is 0.781. The molecule has 3 aromatic rings. The maximum Gasteiger partial charge on any atom is 0.257 e. The lowest BCUT2D eigenvalue weighted by Gasteiger charge is -2.32. The van der Waals surface area contributed by atoms with Gasteiger partial charge in [-0.25, -0.2) is 0 Å². The van der Waals surface area contributed by atoms with Gasteiger partial charge in [0.1, 0.15) is 0 Å². The number of likely N-dealkylation sites (N-methyl/N-ethyl adjacent to an activating group) is 1. The third kappa shape index (κ3) is 5.28. The molecular weight excluding hydrogens is 450 g/mol. The van der Waals surface area contributed by atoms with Crippen LogP contribution in [0.3, 0.4) is 0 Å². The topological polar surface area (TPSA) is 79.9 Å². The molecule has 0 atom stereocenters. The molecule has 34 heavy (non-hydrogen) atoms. The van der Waals surface area contributed by atoms with Gasteiger partial charge in [0, 0.05) is 35.5 Å². The largest absolute Gasteiger partial charge is 0.493 e. The van der Waals surface area contributed by atoms with Crippen molar-refractivity contribution in [3.63, 3.8) is 0 Å². The summed E-state index contributed by atoms with van der Waals surface area (Å²) in [6, 6.07) is 21.7. The highest BCUT2D eigenvalue weighted by molar-refractivity contribution is 7.99. The second kappa shape index (κ2) is 11.0. The first-order valence-electron chi connectivity index (χ1n) is 11.0. The molecular formula is C26H27N3O4S. The first kappa shape index (κ1) is 23.5. The van der Waals surface area contributed by atoms with Crippen molar-refractivity contribution in [3.8, 4) is 11.5 Å². The summed E-state index contributed by atoms with van der Waals surface area (Å²) < 4.78 is 10.8. The summed E-state index contributed by atoms with van der Waals surface area (Å²) in [7, 11) is 3.04. The molecule has 0 bridgehead atoms. The van der Waals surface area contributed by atoms with Gasteiger partial charge in [-0.3, -0.25) is 9.59 Å². The molecule has 0 saturated heterocycles. The van der Waals surface area contributed by atoms with Crippen molar-refractivity contribution in [2.75, 3.05) is 38.8 Å². The Kier molecular flexibility index (Phi) is 7.59. The number of carbonyl (C=O) groups excluding carboxylic acids is 2. The minimum atomic E-state index is -0.249. The molecule has 4 rings (SSSR count). The lowest BCUT2D eigenvalue weighted by atomic mass is 10.2. The van der Waals surface area contributed by atoms with Crippen LogP contribution in [-0.2, 0) is 4.79 Å². The van der Waals surface area contributed by atoms with E-state index < -0.39 is 0 Å². The summed E-state index contributed by atoms with van der Waals surface area (Å²) in [5.41, 5.74) is 2.85. The highest BCUT2D eigenvalue weighted by Gasteiger charge is 2.22. The van der Waals surface area contributed by atoms with Crippen LogP contribution < -0.4 is 25.0 Å². The summed E-state index contributed by atoms with van der Waals surface area (Å²) in [4.78, 5) is 28.9. The van der Waals surface area contributed by atoms with E-state index in [1.165, 1.54) is 35.3 Å². The van der Waals surface area contributed by atoms with Crippen LogP contribution in [0.5, 0.6) is 11.5 Å². The third-order valence-corrected chi connectivity index (χ3v) is 6.57. The zero-order valence-corrected chi connectivity index (χ0v) is 20.0. The van der Waals surface area contributed by atoms with Crippen LogP contribution in [0.1, 0.15) is 16.8 Å². The number of methoxy groups -OCH3 is 1. The monoisotopic (exact) mass is 477 g/mol. The van der Waals surface area contributed by atoms with Gasteiger partial charge in [0.25, 0.3) is 11.8 Å². The molecule has 7 nitrogen and oxygen atoms in total. The van der Waals surface area contributed by atoms with Gasteiger partial charge in [0.05, 0.1) is 18.5 Å². The number of carbonyl (C=O) groups is 2. The van der Waals surface area contributed by atoms with Gasteiger partial charge in [-0.15, -0.1) is 0 Å². The fourth-order valence-electron chi connectivity index (χ4n) is 3.71. The fourth-order valence-corrected chi connectivity index (χ4v) is 4.80. The van der Waals surface area contributed by atoms with Crippen molar-refractivity contribution in [2.45, 2.75) is 16.2 Å². The number of benzene rings is 3. The number of hydrogen-bond donors (Lipinski definition) is 2. The number of nitrogens with zero attached hydrogens (tertiary/aromatic N) is 1. The molecule has 8 heteroatoms. The summed E-state index contributed by atoms with van der Waals surface area (Å²) in [5.74, 6) is 0.367. The summed E-state index contributed by atoms with van der Waals surface area (Å²) in [6.45, 7) is 1.19. The molecule has 0 radical (unpaired) electrons. The minimum absolute atomic E-state index is 0.125. The molecule has 0 unspecified atom stereocenters. The Morgan fingerprint density at radius 3 is 2.26 bits per heavy atom. The highest BCUT2D eigenvalue weighted by Crippen LogP contribution is 2.47. The van der Waals surface area contributed by atoms with E-state index in [0.717, 1.165) is 13.0 Å². The molecule has 176 valence electrons. The van der Waals surface area contributed by atoms with Gasteiger partial charge < -0.3 is 25.0 Å². The van der Waals surface area contributed by atoms with Gasteiger partial charge in [0.2, 0.25) is 0 Å². The van der Waals surface area contributed by atoms with E-state index in [9.17, 15) is 9.59 Å². The van der Waals surface area contributed by atoms with Crippen LogP contribution >= 0.6 is 11.8 Å². The molecule has 0 spiro atoms. The normalized spacial score (nSPS) is 11.8. The van der Waals surface area contributed by atoms with Gasteiger partial charge in [-0.2, -0.15) is 0 Å². The smallest absolute Gasteiger partial charge is 0.257 e. The Balaban J connectivity index is 1.36. The second-order valence-corrected chi connectivity index (χ2v) is 8.71. The van der Waals surface area contributed by atoms with Crippen LogP contribution in [0, 0.1) is 0 Å². The maximum absolute atomic E-state index is 12.7. The van der Waals surface area contributed by atoms with E-state index in [1.54, 1.807) is 30.0 Å². The van der Waals surface area contributed by atoms with Crippen LogP contribution in [0.25, 0.3) is 0 Å². The van der Waals surface area contributed by atoms with E-state index in [1.807, 2.05) is 0 Å². The van der Waals surface area contributed by atoms with E-state index in [2.05, 4.69) is 64.1 Å². The average molecular weight is 478 g/mol. The number of ether oxygens (including phenoxy) is 2. The molecule has 1 aliphatic rings. The SMILES string of the molecule is CNC(=O)COc1ccc(C(=O)NCCCN2c3ccccc3Sc3ccccc32)cc1OC. The van der Waals surface area contributed by atoms with Crippen molar-refractivity contribution >= 4 is 35.0 Å². The fraction of sp³-hybridized carbons (Fsp3) is 0.231. The molecule has 0 aliphatic carbocycles. The standard InChI is InChI=1S/C26H27N3O4S/c1-27-25(30)17-33-21-13-12-18(16-22(21)32-2)26(31)28-14-7-15-29-19-8-3-5-10-23(19)34-24-11-6-4-9-20(24)29/h3-6,8-13,16H,7,14-15,17H2,1-2H3,(H,27,30)(H,28,31). The van der Waals surface area contributed by atoms with E-state index in [4.69, 9.17) is 9.47 Å². The van der Waals surface area contributed by atoms with E-state index in [-0.39, 0.29) is 18.4 Å². The third-order valence-electron chi connectivity index (χ3n) is 5.44. The number of amides is 2. The molecule has 3 aromatic carbocycles. The number of hydrogen-bond acceptors (Lipinski definition) is 6. The van der Waals surface area contributed by atoms with Crippen LogP contribution in [-0.4, -0.2) is 45.7 Å². The molecule has 2 amide bonds. The first-order valence-corrected chi connectivity index (χ1v) is 11.9. The molecule has 1 heterocycles. The zero-order valence-electron chi connectivity index (χ0n) is 19.2. The van der Waals surface area contributed by atoms with E-state index >= 15 is 0 Å². The van der Waals surface area contributed by atoms with E-state index in [0.29, 0.717) is 23.6 Å². The molecule has 2 N–H and O–H groups in total. The van der Waals surface area contributed by atoms with Crippen molar-refractivity contribution in [1.82, 2.24) is 10.6 Å². The van der Waals surface area contributed by atoms with Gasteiger partial charge >= 0.3 is 0 Å². The highest BCUT2D eigenvalue weighted by atomic mass is 32.2. The Morgan fingerprint density at radius 2 is 1.62 bits per heavy atom. The van der Waals surface area contributed by atoms with Crippen LogP contribution in [0.2, 0.25) is 0 Å². The van der Waals surface area contributed by atoms with Crippen molar-refractivity contribution in [2.24, 2.45) is 0 Å². The molecule has 0 fully saturated rings. The Labute approximate surface area is 203 Å². The lowest BCUT2D eigenvalue weighted by molar-refractivity contribution is -0.122. The molecule has 0 aromatic heterocycles. The number of nitrogens with one attached hydrogen (secondary N) is 2. The number of rotatable bonds is 9. The van der Waals surface area contributed by atoms with Crippen molar-refractivity contribution in [3.05, 3.63) is 72.3 Å². The van der Waals surface area contributed by atoms with Crippen molar-refractivity contribution in [1.29, 1.82) is 0 Å². The predicted molar refractivity (Wildman–Crippen MR) is 134 cm³/mol. The van der Waals surface area contributed by atoms with Crippen LogP contribution in [0.15, 0.2) is 76.5 Å². The van der Waals surface area contributed by atoms with Gasteiger partial charge in [-0.05, 0) is 48.9 Å². The average Bonchev–Trinajstić information content (AvgIpc) is 2.88.